The first-order chi connectivity index (χ1) is 7.18. The van der Waals surface area contributed by atoms with Crippen LogP contribution in [-0.2, 0) is 0 Å². The third-order valence-corrected chi connectivity index (χ3v) is 2.14. The van der Waals surface area contributed by atoms with Crippen molar-refractivity contribution in [2.24, 2.45) is 0 Å². The second-order valence-electron chi connectivity index (χ2n) is 3.49. The Balaban J connectivity index is 0.000000267. The summed E-state index contributed by atoms with van der Waals surface area (Å²) in [7, 11) is 2.15. The highest BCUT2D eigenvalue weighted by Crippen LogP contribution is 1.98. The van der Waals surface area contributed by atoms with Gasteiger partial charge in [0.15, 0.2) is 0 Å². The summed E-state index contributed by atoms with van der Waals surface area (Å²) in [6, 6.07) is 4.31. The van der Waals surface area contributed by atoms with Gasteiger partial charge in [-0.05, 0) is 31.3 Å². The predicted octanol–water partition coefficient (Wildman–Crippen LogP) is 2.12. The van der Waals surface area contributed by atoms with Crippen molar-refractivity contribution < 1.29 is 8.78 Å². The molecule has 1 N–H and O–H groups in total. The van der Waals surface area contributed by atoms with Crippen molar-refractivity contribution in [3.05, 3.63) is 35.9 Å². The Morgan fingerprint density at radius 3 is 1.62 bits per heavy atom. The Bertz CT molecular complexity index is 248. The molecule has 2 rings (SSSR count). The highest BCUT2D eigenvalue weighted by atomic mass is 19.1. The first-order valence-corrected chi connectivity index (χ1v) is 4.99. The molecule has 1 aliphatic heterocycles. The van der Waals surface area contributed by atoms with Crippen molar-refractivity contribution in [3.8, 4) is 0 Å². The van der Waals surface area contributed by atoms with Gasteiger partial charge in [0.05, 0.1) is 0 Å². The summed E-state index contributed by atoms with van der Waals surface area (Å²) < 4.78 is 23.8. The molecule has 0 spiro atoms. The SMILES string of the molecule is C.CN1CCNCC1.Fc1ccc(F)cc1. The summed E-state index contributed by atoms with van der Waals surface area (Å²) in [5.41, 5.74) is 0. The highest BCUT2D eigenvalue weighted by Gasteiger charge is 2.01. The molecular weight excluding hydrogens is 210 g/mol. The highest BCUT2D eigenvalue weighted by molar-refractivity contribution is 5.04. The maximum absolute atomic E-state index is 11.9. The van der Waals surface area contributed by atoms with Gasteiger partial charge in [0, 0.05) is 26.2 Å². The normalized spacial score (nSPS) is 15.7. The lowest BCUT2D eigenvalue weighted by atomic mass is 10.3. The van der Waals surface area contributed by atoms with Crippen LogP contribution in [0.15, 0.2) is 24.3 Å². The molecule has 0 saturated carbocycles. The minimum absolute atomic E-state index is 0. The Labute approximate surface area is 96.3 Å². The molecule has 1 aromatic rings. The molecule has 1 saturated heterocycles. The maximum Gasteiger partial charge on any atom is 0.123 e. The molecule has 0 aliphatic carbocycles. The van der Waals surface area contributed by atoms with Crippen molar-refractivity contribution in [1.82, 2.24) is 10.2 Å². The summed E-state index contributed by atoms with van der Waals surface area (Å²) >= 11 is 0. The number of likely N-dealkylation sites (N-methyl/N-ethyl adjacent to an activating group) is 1. The van der Waals surface area contributed by atoms with Crippen LogP contribution in [-0.4, -0.2) is 38.1 Å². The molecular formula is C12H20F2N2. The summed E-state index contributed by atoms with van der Waals surface area (Å²) in [5, 5.41) is 3.27. The van der Waals surface area contributed by atoms with Crippen LogP contribution >= 0.6 is 0 Å². The number of rotatable bonds is 0. The number of nitrogens with zero attached hydrogens (tertiary/aromatic N) is 1. The molecule has 0 radical (unpaired) electrons. The lowest BCUT2D eigenvalue weighted by Crippen LogP contribution is -2.40. The molecule has 1 aliphatic rings. The van der Waals surface area contributed by atoms with Crippen LogP contribution in [0.5, 0.6) is 0 Å². The molecule has 4 heteroatoms. The molecule has 1 fully saturated rings. The van der Waals surface area contributed by atoms with Crippen LogP contribution in [0.3, 0.4) is 0 Å². The number of hydrogen-bond donors (Lipinski definition) is 1. The third kappa shape index (κ3) is 6.48. The quantitative estimate of drug-likeness (QED) is 0.734. The largest absolute Gasteiger partial charge is 0.314 e. The van der Waals surface area contributed by atoms with Gasteiger partial charge >= 0.3 is 0 Å². The number of benzene rings is 1. The van der Waals surface area contributed by atoms with E-state index in [4.69, 9.17) is 0 Å². The molecule has 1 aromatic carbocycles. The maximum atomic E-state index is 11.9. The second kappa shape index (κ2) is 8.19. The number of halogens is 2. The van der Waals surface area contributed by atoms with E-state index in [2.05, 4.69) is 17.3 Å². The van der Waals surface area contributed by atoms with E-state index in [9.17, 15) is 8.78 Å². The van der Waals surface area contributed by atoms with Crippen LogP contribution in [0.25, 0.3) is 0 Å². The van der Waals surface area contributed by atoms with E-state index in [0.717, 1.165) is 37.4 Å². The lowest BCUT2D eigenvalue weighted by molar-refractivity contribution is 0.291. The van der Waals surface area contributed by atoms with Crippen LogP contribution in [0.4, 0.5) is 8.78 Å². The summed E-state index contributed by atoms with van der Waals surface area (Å²) in [5.74, 6) is -0.821. The van der Waals surface area contributed by atoms with Crippen molar-refractivity contribution in [2.45, 2.75) is 7.43 Å². The first kappa shape index (κ1) is 15.0. The van der Waals surface area contributed by atoms with E-state index in [1.165, 1.54) is 13.1 Å². The molecule has 16 heavy (non-hydrogen) atoms. The fourth-order valence-corrected chi connectivity index (χ4v) is 1.21. The fraction of sp³-hybridized carbons (Fsp3) is 0.500. The van der Waals surface area contributed by atoms with Crippen molar-refractivity contribution >= 4 is 0 Å². The van der Waals surface area contributed by atoms with Gasteiger partial charge in [0.1, 0.15) is 11.6 Å². The van der Waals surface area contributed by atoms with Crippen LogP contribution in [0.2, 0.25) is 0 Å². The number of nitrogens with one attached hydrogen (secondary N) is 1. The Kier molecular flexibility index (Phi) is 7.68. The van der Waals surface area contributed by atoms with Gasteiger partial charge in [-0.1, -0.05) is 7.43 Å². The van der Waals surface area contributed by atoms with Gasteiger partial charge in [-0.2, -0.15) is 0 Å². The third-order valence-electron chi connectivity index (χ3n) is 2.14. The summed E-state index contributed by atoms with van der Waals surface area (Å²) in [6.45, 7) is 4.74. The van der Waals surface area contributed by atoms with E-state index in [1.54, 1.807) is 0 Å². The molecule has 0 amide bonds. The van der Waals surface area contributed by atoms with Crippen LogP contribution in [0.1, 0.15) is 7.43 Å². The molecule has 0 unspecified atom stereocenters. The predicted molar refractivity (Wildman–Crippen MR) is 63.5 cm³/mol. The minimum atomic E-state index is -0.411. The van der Waals surface area contributed by atoms with E-state index in [-0.39, 0.29) is 7.43 Å². The van der Waals surface area contributed by atoms with E-state index in [1.807, 2.05) is 0 Å². The lowest BCUT2D eigenvalue weighted by Gasteiger charge is -2.21. The topological polar surface area (TPSA) is 15.3 Å². The van der Waals surface area contributed by atoms with Gasteiger partial charge < -0.3 is 10.2 Å². The molecule has 0 aromatic heterocycles. The zero-order valence-corrected chi connectivity index (χ0v) is 8.84. The van der Waals surface area contributed by atoms with Crippen LogP contribution < -0.4 is 5.32 Å². The number of piperazine rings is 1. The molecule has 2 nitrogen and oxygen atoms in total. The Morgan fingerprint density at radius 2 is 1.38 bits per heavy atom. The standard InChI is InChI=1S/C6H4F2.C5H12N2.CH4/c7-5-1-2-6(8)4-3-5;1-7-4-2-6-3-5-7;/h1-4H;6H,2-5H2,1H3;1H4. The molecule has 0 bridgehead atoms. The Hall–Kier alpha value is -1.00. The Morgan fingerprint density at radius 1 is 1.00 bits per heavy atom. The van der Waals surface area contributed by atoms with E-state index in [0.29, 0.717) is 0 Å². The minimum Gasteiger partial charge on any atom is -0.314 e. The van der Waals surface area contributed by atoms with Gasteiger partial charge in [0.25, 0.3) is 0 Å². The van der Waals surface area contributed by atoms with Crippen LogP contribution in [0, 0.1) is 11.6 Å². The van der Waals surface area contributed by atoms with Crippen molar-refractivity contribution in [1.29, 1.82) is 0 Å². The smallest absolute Gasteiger partial charge is 0.123 e. The first-order valence-electron chi connectivity index (χ1n) is 4.99. The molecule has 92 valence electrons. The average Bonchev–Trinajstić information content (AvgIpc) is 2.25. The number of hydrogen-bond acceptors (Lipinski definition) is 2. The second-order valence-corrected chi connectivity index (χ2v) is 3.49. The monoisotopic (exact) mass is 230 g/mol. The molecule has 1 heterocycles. The van der Waals surface area contributed by atoms with E-state index >= 15 is 0 Å². The van der Waals surface area contributed by atoms with Crippen molar-refractivity contribution in [2.75, 3.05) is 33.2 Å². The summed E-state index contributed by atoms with van der Waals surface area (Å²) in [4.78, 5) is 2.33. The van der Waals surface area contributed by atoms with Gasteiger partial charge in [-0.3, -0.25) is 0 Å². The average molecular weight is 230 g/mol. The zero-order valence-electron chi connectivity index (χ0n) is 8.84. The van der Waals surface area contributed by atoms with Gasteiger partial charge in [0.2, 0.25) is 0 Å². The molecule has 0 atom stereocenters. The van der Waals surface area contributed by atoms with Gasteiger partial charge in [-0.15, -0.1) is 0 Å². The van der Waals surface area contributed by atoms with E-state index < -0.39 is 11.6 Å². The fourth-order valence-electron chi connectivity index (χ4n) is 1.21. The van der Waals surface area contributed by atoms with Crippen molar-refractivity contribution in [3.63, 3.8) is 0 Å². The zero-order chi connectivity index (χ0) is 11.1. The summed E-state index contributed by atoms with van der Waals surface area (Å²) in [6.07, 6.45) is 0. The van der Waals surface area contributed by atoms with Gasteiger partial charge in [-0.25, -0.2) is 8.78 Å².